The van der Waals surface area contributed by atoms with Crippen LogP contribution in [-0.4, -0.2) is 32.4 Å². The Bertz CT molecular complexity index is 692. The Morgan fingerprint density at radius 1 is 1.57 bits per heavy atom. The number of benzene rings is 1. The minimum atomic E-state index is -0.586. The fourth-order valence-electron chi connectivity index (χ4n) is 1.63. The van der Waals surface area contributed by atoms with Crippen molar-refractivity contribution in [2.75, 3.05) is 5.73 Å². The standard InChI is InChI=1S/C13H14N6O2/c1-2-4-8-5-3-6-9(10(8)20)7-15-18-12(21)11-16-13(14)19-17-11/h2-3,5-7,20H,1,4H2,(H,18,21)(H3,14,16,17,19)/b15-7+. The van der Waals surface area contributed by atoms with Crippen molar-refractivity contribution >= 4 is 18.1 Å². The van der Waals surface area contributed by atoms with Gasteiger partial charge in [-0.05, 0) is 18.1 Å². The van der Waals surface area contributed by atoms with Crippen LogP contribution in [0, 0.1) is 0 Å². The third kappa shape index (κ3) is 3.44. The number of H-pyrrole nitrogens is 1. The molecule has 2 rings (SSSR count). The predicted octanol–water partition coefficient (Wildman–Crippen LogP) is 0.585. The van der Waals surface area contributed by atoms with E-state index in [2.05, 4.69) is 32.3 Å². The first kappa shape index (κ1) is 14.3. The van der Waals surface area contributed by atoms with Crippen LogP contribution in [0.2, 0.25) is 0 Å². The van der Waals surface area contributed by atoms with Crippen molar-refractivity contribution < 1.29 is 9.90 Å². The molecule has 1 amide bonds. The van der Waals surface area contributed by atoms with Crippen LogP contribution in [0.25, 0.3) is 0 Å². The molecule has 0 aliphatic heterocycles. The van der Waals surface area contributed by atoms with E-state index in [1.807, 2.05) is 0 Å². The van der Waals surface area contributed by atoms with Crippen LogP contribution >= 0.6 is 0 Å². The zero-order valence-electron chi connectivity index (χ0n) is 11.1. The minimum Gasteiger partial charge on any atom is -0.507 e. The number of aromatic nitrogens is 3. The van der Waals surface area contributed by atoms with Gasteiger partial charge >= 0.3 is 5.91 Å². The van der Waals surface area contributed by atoms with Gasteiger partial charge in [0.25, 0.3) is 0 Å². The van der Waals surface area contributed by atoms with Crippen molar-refractivity contribution in [3.63, 3.8) is 0 Å². The second-order valence-corrected chi connectivity index (χ2v) is 4.09. The van der Waals surface area contributed by atoms with Crippen molar-refractivity contribution in [1.82, 2.24) is 20.6 Å². The average Bonchev–Trinajstić information content (AvgIpc) is 2.89. The number of nitrogens with one attached hydrogen (secondary N) is 2. The number of para-hydroxylation sites is 1. The molecule has 0 fully saturated rings. The monoisotopic (exact) mass is 286 g/mol. The largest absolute Gasteiger partial charge is 0.507 e. The Morgan fingerprint density at radius 2 is 2.38 bits per heavy atom. The number of hydrazone groups is 1. The molecule has 0 bridgehead atoms. The fourth-order valence-corrected chi connectivity index (χ4v) is 1.63. The number of hydrogen-bond acceptors (Lipinski definition) is 6. The summed E-state index contributed by atoms with van der Waals surface area (Å²) >= 11 is 0. The summed E-state index contributed by atoms with van der Waals surface area (Å²) in [6.45, 7) is 3.62. The van der Waals surface area contributed by atoms with Crippen molar-refractivity contribution in [2.24, 2.45) is 5.10 Å². The van der Waals surface area contributed by atoms with Gasteiger partial charge in [-0.25, -0.2) is 5.43 Å². The Morgan fingerprint density at radius 3 is 3.05 bits per heavy atom. The molecule has 8 heteroatoms. The number of aromatic hydroxyl groups is 1. The van der Waals surface area contributed by atoms with Crippen molar-refractivity contribution in [1.29, 1.82) is 0 Å². The summed E-state index contributed by atoms with van der Waals surface area (Å²) in [5.41, 5.74) is 8.74. The molecule has 1 aromatic carbocycles. The maximum absolute atomic E-state index is 11.6. The van der Waals surface area contributed by atoms with Gasteiger partial charge in [-0.3, -0.25) is 9.89 Å². The van der Waals surface area contributed by atoms with Crippen LogP contribution in [0.1, 0.15) is 21.7 Å². The summed E-state index contributed by atoms with van der Waals surface area (Å²) in [5.74, 6) is -0.565. The number of nitrogen functional groups attached to an aromatic ring is 1. The summed E-state index contributed by atoms with van der Waals surface area (Å²) in [5, 5.41) is 19.6. The molecule has 0 radical (unpaired) electrons. The molecule has 1 heterocycles. The van der Waals surface area contributed by atoms with Crippen LogP contribution < -0.4 is 11.2 Å². The number of allylic oxidation sites excluding steroid dienone is 1. The average molecular weight is 286 g/mol. The van der Waals surface area contributed by atoms with E-state index in [1.54, 1.807) is 24.3 Å². The van der Waals surface area contributed by atoms with E-state index in [4.69, 9.17) is 5.73 Å². The first-order valence-electron chi connectivity index (χ1n) is 6.05. The molecular weight excluding hydrogens is 272 g/mol. The van der Waals surface area contributed by atoms with E-state index >= 15 is 0 Å². The number of aromatic amines is 1. The lowest BCUT2D eigenvalue weighted by molar-refractivity contribution is 0.0945. The zero-order chi connectivity index (χ0) is 15.2. The molecule has 2 aromatic rings. The molecule has 8 nitrogen and oxygen atoms in total. The number of rotatable bonds is 5. The molecule has 21 heavy (non-hydrogen) atoms. The second-order valence-electron chi connectivity index (χ2n) is 4.09. The lowest BCUT2D eigenvalue weighted by Gasteiger charge is -2.04. The third-order valence-electron chi connectivity index (χ3n) is 2.60. The Kier molecular flexibility index (Phi) is 4.30. The number of phenols is 1. The maximum atomic E-state index is 11.6. The summed E-state index contributed by atoms with van der Waals surface area (Å²) < 4.78 is 0. The first-order chi connectivity index (χ1) is 10.1. The van der Waals surface area contributed by atoms with Gasteiger partial charge in [0.15, 0.2) is 0 Å². The van der Waals surface area contributed by atoms with Crippen LogP contribution in [0.4, 0.5) is 5.95 Å². The number of amides is 1. The Balaban J connectivity index is 2.06. The van der Waals surface area contributed by atoms with Gasteiger partial charge < -0.3 is 10.8 Å². The zero-order valence-corrected chi connectivity index (χ0v) is 11.1. The van der Waals surface area contributed by atoms with Gasteiger partial charge in [0.05, 0.1) is 6.21 Å². The summed E-state index contributed by atoms with van der Waals surface area (Å²) in [6, 6.07) is 5.23. The number of carbonyl (C=O) groups excluding carboxylic acids is 1. The molecule has 0 aliphatic rings. The molecule has 108 valence electrons. The SMILES string of the molecule is C=CCc1cccc(/C=N/NC(=O)c2nc(N)n[nH]2)c1O. The van der Waals surface area contributed by atoms with Gasteiger partial charge in [-0.2, -0.15) is 10.1 Å². The lowest BCUT2D eigenvalue weighted by Crippen LogP contribution is -2.19. The lowest BCUT2D eigenvalue weighted by atomic mass is 10.1. The van der Waals surface area contributed by atoms with Gasteiger partial charge in [-0.15, -0.1) is 11.7 Å². The maximum Gasteiger partial charge on any atom is 0.308 e. The number of anilines is 1. The molecule has 0 aliphatic carbocycles. The third-order valence-corrected chi connectivity index (χ3v) is 2.60. The minimum absolute atomic E-state index is 0.0288. The molecule has 0 atom stereocenters. The molecule has 5 N–H and O–H groups in total. The van der Waals surface area contributed by atoms with E-state index < -0.39 is 5.91 Å². The normalized spacial score (nSPS) is 10.7. The van der Waals surface area contributed by atoms with E-state index in [0.717, 1.165) is 5.56 Å². The second kappa shape index (κ2) is 6.33. The summed E-state index contributed by atoms with van der Waals surface area (Å²) in [4.78, 5) is 15.3. The predicted molar refractivity (Wildman–Crippen MR) is 77.9 cm³/mol. The van der Waals surface area contributed by atoms with E-state index in [0.29, 0.717) is 12.0 Å². The van der Waals surface area contributed by atoms with Crippen molar-refractivity contribution in [3.05, 3.63) is 47.8 Å². The summed E-state index contributed by atoms with van der Waals surface area (Å²) in [7, 11) is 0. The summed E-state index contributed by atoms with van der Waals surface area (Å²) in [6.07, 6.45) is 3.56. The molecule has 0 spiro atoms. The van der Waals surface area contributed by atoms with Gasteiger partial charge in [0, 0.05) is 5.56 Å². The Labute approximate surface area is 120 Å². The number of carbonyl (C=O) groups is 1. The van der Waals surface area contributed by atoms with E-state index in [9.17, 15) is 9.90 Å². The number of hydrogen-bond donors (Lipinski definition) is 4. The fraction of sp³-hybridized carbons (Fsp3) is 0.0769. The highest BCUT2D eigenvalue weighted by Crippen LogP contribution is 2.21. The first-order valence-corrected chi connectivity index (χ1v) is 6.05. The van der Waals surface area contributed by atoms with Crippen LogP contribution in [0.15, 0.2) is 36.0 Å². The number of phenolic OH excluding ortho intramolecular Hbond substituents is 1. The molecular formula is C13H14N6O2. The highest BCUT2D eigenvalue weighted by molar-refractivity contribution is 5.92. The highest BCUT2D eigenvalue weighted by atomic mass is 16.3. The van der Waals surface area contributed by atoms with Crippen molar-refractivity contribution in [3.8, 4) is 5.75 Å². The van der Waals surface area contributed by atoms with Gasteiger partial charge in [0.2, 0.25) is 11.8 Å². The van der Waals surface area contributed by atoms with Gasteiger partial charge in [0.1, 0.15) is 5.75 Å². The van der Waals surface area contributed by atoms with Crippen LogP contribution in [0.3, 0.4) is 0 Å². The smallest absolute Gasteiger partial charge is 0.308 e. The number of nitrogens with zero attached hydrogens (tertiary/aromatic N) is 3. The molecule has 0 saturated carbocycles. The van der Waals surface area contributed by atoms with E-state index in [-0.39, 0.29) is 17.5 Å². The van der Waals surface area contributed by atoms with E-state index in [1.165, 1.54) is 6.21 Å². The molecule has 1 aromatic heterocycles. The Hall–Kier alpha value is -3.16. The highest BCUT2D eigenvalue weighted by Gasteiger charge is 2.09. The quantitative estimate of drug-likeness (QED) is 0.363. The van der Waals surface area contributed by atoms with Gasteiger partial charge in [-0.1, -0.05) is 18.2 Å². The van der Waals surface area contributed by atoms with Crippen LogP contribution in [-0.2, 0) is 6.42 Å². The topological polar surface area (TPSA) is 129 Å². The molecule has 0 unspecified atom stereocenters. The number of nitrogens with two attached hydrogens (primary N) is 1. The van der Waals surface area contributed by atoms with Crippen molar-refractivity contribution in [2.45, 2.75) is 6.42 Å². The molecule has 0 saturated heterocycles. The van der Waals surface area contributed by atoms with Crippen LogP contribution in [0.5, 0.6) is 5.75 Å².